The van der Waals surface area contributed by atoms with Gasteiger partial charge in [-0.25, -0.2) is 4.79 Å². The van der Waals surface area contributed by atoms with Crippen LogP contribution in [0.5, 0.6) is 0 Å². The standard InChI is InChI=1S/C12H13ClN2O3/c1-7-2-3-8(4-9(7)13)15-5-10(12(17)18)14-11(16)6-15/h2-4,10H,5-6H2,1H3,(H,14,16)(H,17,18). The van der Waals surface area contributed by atoms with Gasteiger partial charge in [-0.3, -0.25) is 4.79 Å². The third-order valence-corrected chi connectivity index (χ3v) is 3.30. The lowest BCUT2D eigenvalue weighted by Gasteiger charge is -2.32. The number of amides is 1. The van der Waals surface area contributed by atoms with E-state index in [0.29, 0.717) is 5.02 Å². The number of benzene rings is 1. The number of halogens is 1. The molecular formula is C12H13ClN2O3. The number of anilines is 1. The van der Waals surface area contributed by atoms with Crippen LogP contribution in [-0.4, -0.2) is 36.1 Å². The van der Waals surface area contributed by atoms with Crippen LogP contribution in [0.4, 0.5) is 5.69 Å². The van der Waals surface area contributed by atoms with Gasteiger partial charge in [0.15, 0.2) is 0 Å². The Labute approximate surface area is 109 Å². The molecule has 1 aliphatic heterocycles. The molecule has 1 unspecified atom stereocenters. The van der Waals surface area contributed by atoms with Crippen molar-refractivity contribution in [3.8, 4) is 0 Å². The number of hydrogen-bond acceptors (Lipinski definition) is 3. The summed E-state index contributed by atoms with van der Waals surface area (Å²) in [4.78, 5) is 24.1. The molecule has 18 heavy (non-hydrogen) atoms. The number of piperazine rings is 1. The van der Waals surface area contributed by atoms with E-state index in [1.54, 1.807) is 11.0 Å². The van der Waals surface area contributed by atoms with Gasteiger partial charge < -0.3 is 15.3 Å². The number of carbonyl (C=O) groups is 2. The van der Waals surface area contributed by atoms with Crippen molar-refractivity contribution in [3.05, 3.63) is 28.8 Å². The molecule has 0 saturated carbocycles. The molecule has 1 fully saturated rings. The molecular weight excluding hydrogens is 256 g/mol. The second-order valence-electron chi connectivity index (χ2n) is 4.27. The Bertz CT molecular complexity index is 504. The molecule has 1 saturated heterocycles. The van der Waals surface area contributed by atoms with Gasteiger partial charge in [0, 0.05) is 17.3 Å². The van der Waals surface area contributed by atoms with Crippen LogP contribution in [0.25, 0.3) is 0 Å². The van der Waals surface area contributed by atoms with Crippen molar-refractivity contribution in [1.29, 1.82) is 0 Å². The molecule has 2 N–H and O–H groups in total. The highest BCUT2D eigenvalue weighted by Crippen LogP contribution is 2.24. The topological polar surface area (TPSA) is 69.6 Å². The van der Waals surface area contributed by atoms with Crippen LogP contribution in [0.15, 0.2) is 18.2 Å². The van der Waals surface area contributed by atoms with Crippen LogP contribution in [0, 0.1) is 6.92 Å². The number of nitrogens with one attached hydrogen (secondary N) is 1. The molecule has 96 valence electrons. The molecule has 0 radical (unpaired) electrons. The van der Waals surface area contributed by atoms with Crippen LogP contribution in [0.1, 0.15) is 5.56 Å². The van der Waals surface area contributed by atoms with Gasteiger partial charge in [-0.2, -0.15) is 0 Å². The Morgan fingerprint density at radius 3 is 2.89 bits per heavy atom. The lowest BCUT2D eigenvalue weighted by Crippen LogP contribution is -2.57. The zero-order valence-corrected chi connectivity index (χ0v) is 10.6. The molecule has 0 aliphatic carbocycles. The molecule has 0 spiro atoms. The number of aliphatic carboxylic acids is 1. The van der Waals surface area contributed by atoms with Gasteiger partial charge in [0.05, 0.1) is 6.54 Å². The first kappa shape index (κ1) is 12.7. The van der Waals surface area contributed by atoms with Gasteiger partial charge in [0.1, 0.15) is 6.04 Å². The highest BCUT2D eigenvalue weighted by atomic mass is 35.5. The lowest BCUT2D eigenvalue weighted by molar-refractivity contribution is -0.142. The van der Waals surface area contributed by atoms with E-state index in [0.717, 1.165) is 11.3 Å². The minimum Gasteiger partial charge on any atom is -0.480 e. The van der Waals surface area contributed by atoms with Crippen LogP contribution < -0.4 is 10.2 Å². The smallest absolute Gasteiger partial charge is 0.328 e. The number of carboxylic acid groups (broad SMARTS) is 1. The quantitative estimate of drug-likeness (QED) is 0.841. The first-order chi connectivity index (χ1) is 8.47. The van der Waals surface area contributed by atoms with Crippen molar-refractivity contribution < 1.29 is 14.7 Å². The number of hydrogen-bond donors (Lipinski definition) is 2. The fourth-order valence-corrected chi connectivity index (χ4v) is 2.03. The second-order valence-corrected chi connectivity index (χ2v) is 4.68. The van der Waals surface area contributed by atoms with Crippen molar-refractivity contribution in [1.82, 2.24) is 5.32 Å². The maximum atomic E-state index is 11.5. The van der Waals surface area contributed by atoms with Gasteiger partial charge in [-0.15, -0.1) is 0 Å². The van der Waals surface area contributed by atoms with Crippen LogP contribution in [0.3, 0.4) is 0 Å². The lowest BCUT2D eigenvalue weighted by atomic mass is 10.1. The second kappa shape index (κ2) is 4.86. The molecule has 1 aromatic carbocycles. The highest BCUT2D eigenvalue weighted by Gasteiger charge is 2.29. The Kier molecular flexibility index (Phi) is 3.43. The van der Waals surface area contributed by atoms with E-state index >= 15 is 0 Å². The number of carboxylic acids is 1. The van der Waals surface area contributed by atoms with Crippen molar-refractivity contribution in [2.75, 3.05) is 18.0 Å². The van der Waals surface area contributed by atoms with Crippen LogP contribution >= 0.6 is 11.6 Å². The molecule has 2 rings (SSSR count). The summed E-state index contributed by atoms with van der Waals surface area (Å²) < 4.78 is 0. The van der Waals surface area contributed by atoms with Gasteiger partial charge in [0.25, 0.3) is 0 Å². The summed E-state index contributed by atoms with van der Waals surface area (Å²) in [6, 6.07) is 4.54. The predicted molar refractivity (Wildman–Crippen MR) is 68.0 cm³/mol. The Balaban J connectivity index is 2.23. The number of nitrogens with zero attached hydrogens (tertiary/aromatic N) is 1. The Morgan fingerprint density at radius 1 is 1.56 bits per heavy atom. The van der Waals surface area contributed by atoms with Gasteiger partial charge >= 0.3 is 5.97 Å². The maximum absolute atomic E-state index is 11.5. The minimum absolute atomic E-state index is 0.142. The van der Waals surface area contributed by atoms with Crippen molar-refractivity contribution >= 4 is 29.2 Å². The summed E-state index contributed by atoms with van der Waals surface area (Å²) >= 11 is 6.02. The van der Waals surface area contributed by atoms with E-state index in [2.05, 4.69) is 5.32 Å². The van der Waals surface area contributed by atoms with E-state index in [1.807, 2.05) is 19.1 Å². The van der Waals surface area contributed by atoms with Crippen molar-refractivity contribution in [2.45, 2.75) is 13.0 Å². The zero-order chi connectivity index (χ0) is 13.3. The van der Waals surface area contributed by atoms with Gasteiger partial charge in [-0.05, 0) is 24.6 Å². The molecule has 1 amide bonds. The number of aryl methyl sites for hydroxylation is 1. The molecule has 0 aromatic heterocycles. The number of rotatable bonds is 2. The summed E-state index contributed by atoms with van der Waals surface area (Å²) in [7, 11) is 0. The maximum Gasteiger partial charge on any atom is 0.328 e. The molecule has 0 bridgehead atoms. The Hall–Kier alpha value is -1.75. The molecule has 6 heteroatoms. The molecule has 5 nitrogen and oxygen atoms in total. The minimum atomic E-state index is -1.04. The van der Waals surface area contributed by atoms with E-state index in [1.165, 1.54) is 0 Å². The van der Waals surface area contributed by atoms with Gasteiger partial charge in [-0.1, -0.05) is 17.7 Å². The van der Waals surface area contributed by atoms with Crippen molar-refractivity contribution in [3.63, 3.8) is 0 Å². The molecule has 1 heterocycles. The summed E-state index contributed by atoms with van der Waals surface area (Å²) in [5.41, 5.74) is 1.70. The van der Waals surface area contributed by atoms with E-state index in [4.69, 9.17) is 16.7 Å². The highest BCUT2D eigenvalue weighted by molar-refractivity contribution is 6.31. The van der Waals surface area contributed by atoms with E-state index < -0.39 is 12.0 Å². The molecule has 1 aromatic rings. The van der Waals surface area contributed by atoms with E-state index in [9.17, 15) is 9.59 Å². The monoisotopic (exact) mass is 268 g/mol. The zero-order valence-electron chi connectivity index (χ0n) is 9.81. The molecule has 1 atom stereocenters. The van der Waals surface area contributed by atoms with Crippen molar-refractivity contribution in [2.24, 2.45) is 0 Å². The van der Waals surface area contributed by atoms with Crippen LogP contribution in [-0.2, 0) is 9.59 Å². The average Bonchev–Trinajstić information content (AvgIpc) is 2.31. The van der Waals surface area contributed by atoms with E-state index in [-0.39, 0.29) is 19.0 Å². The average molecular weight is 269 g/mol. The summed E-state index contributed by atoms with van der Waals surface area (Å²) in [6.45, 7) is 2.26. The predicted octanol–water partition coefficient (Wildman–Crippen LogP) is 1.04. The first-order valence-corrected chi connectivity index (χ1v) is 5.88. The Morgan fingerprint density at radius 2 is 2.28 bits per heavy atom. The fraction of sp³-hybridized carbons (Fsp3) is 0.333. The summed E-state index contributed by atoms with van der Waals surface area (Å²) in [6.07, 6.45) is 0. The third-order valence-electron chi connectivity index (χ3n) is 2.89. The fourth-order valence-electron chi connectivity index (χ4n) is 1.86. The summed E-state index contributed by atoms with van der Waals surface area (Å²) in [5.74, 6) is -1.34. The largest absolute Gasteiger partial charge is 0.480 e. The van der Waals surface area contributed by atoms with Crippen LogP contribution in [0.2, 0.25) is 5.02 Å². The SMILES string of the molecule is Cc1ccc(N2CC(=O)NC(C(=O)O)C2)cc1Cl. The number of carbonyl (C=O) groups excluding carboxylic acids is 1. The summed E-state index contributed by atoms with van der Waals surface area (Å²) in [5, 5.41) is 12.0. The molecule has 1 aliphatic rings. The normalized spacial score (nSPS) is 19.6. The third kappa shape index (κ3) is 2.56. The first-order valence-electron chi connectivity index (χ1n) is 5.50. The van der Waals surface area contributed by atoms with Gasteiger partial charge in [0.2, 0.25) is 5.91 Å².